The Kier molecular flexibility index (Phi) is 6.25. The molecule has 1 fully saturated rings. The molecule has 1 aromatic rings. The first-order valence-corrected chi connectivity index (χ1v) is 8.44. The molecule has 0 bridgehead atoms. The van der Waals surface area contributed by atoms with Gasteiger partial charge in [-0.1, -0.05) is 32.9 Å². The maximum absolute atomic E-state index is 5.99. The molecule has 1 aromatic carbocycles. The highest BCUT2D eigenvalue weighted by molar-refractivity contribution is 5.92. The summed E-state index contributed by atoms with van der Waals surface area (Å²) in [5.74, 6) is 1.90. The number of anilines is 1. The Hall–Kier alpha value is -1.55. The number of hydrogen-bond acceptors (Lipinski definition) is 2. The van der Waals surface area contributed by atoms with Crippen LogP contribution in [0, 0.1) is 5.92 Å². The summed E-state index contributed by atoms with van der Waals surface area (Å²) in [5, 5.41) is 3.19. The second-order valence-electron chi connectivity index (χ2n) is 6.70. The van der Waals surface area contributed by atoms with Crippen LogP contribution in [0.3, 0.4) is 0 Å². The van der Waals surface area contributed by atoms with Gasteiger partial charge in [-0.05, 0) is 55.5 Å². The zero-order chi connectivity index (χ0) is 15.9. The molecule has 1 saturated heterocycles. The summed E-state index contributed by atoms with van der Waals surface area (Å²) < 4.78 is 0. The van der Waals surface area contributed by atoms with Crippen molar-refractivity contribution < 1.29 is 0 Å². The number of piperidine rings is 1. The van der Waals surface area contributed by atoms with Gasteiger partial charge in [0.2, 0.25) is 0 Å². The predicted molar refractivity (Wildman–Crippen MR) is 95.5 cm³/mol. The Morgan fingerprint density at radius 2 is 2.09 bits per heavy atom. The summed E-state index contributed by atoms with van der Waals surface area (Å²) in [4.78, 5) is 6.93. The van der Waals surface area contributed by atoms with Gasteiger partial charge >= 0.3 is 0 Å². The Morgan fingerprint density at radius 1 is 1.36 bits per heavy atom. The van der Waals surface area contributed by atoms with E-state index >= 15 is 0 Å². The number of likely N-dealkylation sites (tertiary alicyclic amines) is 1. The Bertz CT molecular complexity index is 488. The largest absolute Gasteiger partial charge is 0.370 e. The van der Waals surface area contributed by atoms with Gasteiger partial charge in [0, 0.05) is 12.2 Å². The quantitative estimate of drug-likeness (QED) is 0.648. The summed E-state index contributed by atoms with van der Waals surface area (Å²) in [5.41, 5.74) is 8.31. The van der Waals surface area contributed by atoms with Crippen molar-refractivity contribution in [2.24, 2.45) is 16.6 Å². The van der Waals surface area contributed by atoms with Crippen molar-refractivity contribution in [2.75, 3.05) is 31.5 Å². The van der Waals surface area contributed by atoms with Gasteiger partial charge in [0.05, 0.1) is 6.54 Å². The van der Waals surface area contributed by atoms with Gasteiger partial charge in [-0.15, -0.1) is 0 Å². The number of nitrogens with zero attached hydrogens (tertiary/aromatic N) is 2. The van der Waals surface area contributed by atoms with Crippen molar-refractivity contribution >= 4 is 11.6 Å². The monoisotopic (exact) mass is 302 g/mol. The van der Waals surface area contributed by atoms with E-state index in [2.05, 4.69) is 54.2 Å². The summed E-state index contributed by atoms with van der Waals surface area (Å²) in [6, 6.07) is 8.36. The van der Waals surface area contributed by atoms with Crippen molar-refractivity contribution in [3.05, 3.63) is 29.8 Å². The van der Waals surface area contributed by atoms with Crippen LogP contribution >= 0.6 is 0 Å². The van der Waals surface area contributed by atoms with E-state index in [4.69, 9.17) is 5.73 Å². The number of rotatable bonds is 5. The molecule has 0 amide bonds. The molecule has 4 nitrogen and oxygen atoms in total. The number of benzene rings is 1. The first-order valence-electron chi connectivity index (χ1n) is 8.44. The van der Waals surface area contributed by atoms with Crippen molar-refractivity contribution in [3.63, 3.8) is 0 Å². The molecule has 3 N–H and O–H groups in total. The highest BCUT2D eigenvalue weighted by Crippen LogP contribution is 2.18. The predicted octanol–water partition coefficient (Wildman–Crippen LogP) is 3.27. The van der Waals surface area contributed by atoms with E-state index in [0.717, 1.165) is 24.7 Å². The van der Waals surface area contributed by atoms with E-state index in [9.17, 15) is 0 Å². The molecule has 1 heterocycles. The van der Waals surface area contributed by atoms with Crippen LogP contribution < -0.4 is 11.1 Å². The Labute approximate surface area is 134 Å². The van der Waals surface area contributed by atoms with Crippen molar-refractivity contribution in [1.29, 1.82) is 0 Å². The SMILES string of the molecule is CC1CCN(CCN=C(N)Nc2cccc(C(C)C)c2)CC1. The third-order valence-corrected chi connectivity index (χ3v) is 4.40. The number of nitrogens with two attached hydrogens (primary N) is 1. The van der Waals surface area contributed by atoms with Crippen LogP contribution in [0.5, 0.6) is 0 Å². The molecule has 0 unspecified atom stereocenters. The van der Waals surface area contributed by atoms with Crippen LogP contribution in [0.15, 0.2) is 29.3 Å². The summed E-state index contributed by atoms with van der Waals surface area (Å²) in [6.07, 6.45) is 2.61. The van der Waals surface area contributed by atoms with Gasteiger partial charge in [0.1, 0.15) is 0 Å². The molecule has 2 rings (SSSR count). The minimum atomic E-state index is 0.506. The fourth-order valence-corrected chi connectivity index (χ4v) is 2.76. The molecular weight excluding hydrogens is 272 g/mol. The Balaban J connectivity index is 1.79. The molecule has 0 saturated carbocycles. The summed E-state index contributed by atoms with van der Waals surface area (Å²) >= 11 is 0. The molecule has 0 spiro atoms. The van der Waals surface area contributed by atoms with Crippen molar-refractivity contribution in [2.45, 2.75) is 39.5 Å². The molecule has 0 radical (unpaired) electrons. The van der Waals surface area contributed by atoms with E-state index in [0.29, 0.717) is 11.9 Å². The summed E-state index contributed by atoms with van der Waals surface area (Å²) in [7, 11) is 0. The average molecular weight is 302 g/mol. The van der Waals surface area contributed by atoms with Crippen LogP contribution in [-0.4, -0.2) is 37.0 Å². The minimum Gasteiger partial charge on any atom is -0.370 e. The lowest BCUT2D eigenvalue weighted by molar-refractivity contribution is 0.197. The van der Waals surface area contributed by atoms with E-state index in [1.807, 2.05) is 6.07 Å². The highest BCUT2D eigenvalue weighted by atomic mass is 15.2. The third-order valence-electron chi connectivity index (χ3n) is 4.40. The molecule has 4 heteroatoms. The number of aliphatic imine (C=N–C) groups is 1. The van der Waals surface area contributed by atoms with E-state index in [-0.39, 0.29) is 0 Å². The first-order chi connectivity index (χ1) is 10.5. The van der Waals surface area contributed by atoms with Crippen LogP contribution in [0.1, 0.15) is 45.1 Å². The lowest BCUT2D eigenvalue weighted by atomic mass is 9.99. The maximum Gasteiger partial charge on any atom is 0.193 e. The minimum absolute atomic E-state index is 0.506. The standard InChI is InChI=1S/C18H30N4/c1-14(2)16-5-4-6-17(13-16)21-18(19)20-9-12-22-10-7-15(3)8-11-22/h4-6,13-15H,7-12H2,1-3H3,(H3,19,20,21). The van der Waals surface area contributed by atoms with Crippen LogP contribution in [0.25, 0.3) is 0 Å². The molecule has 1 aliphatic rings. The molecule has 1 aliphatic heterocycles. The number of guanidine groups is 1. The second-order valence-corrected chi connectivity index (χ2v) is 6.70. The zero-order valence-corrected chi connectivity index (χ0v) is 14.2. The Morgan fingerprint density at radius 3 is 2.77 bits per heavy atom. The molecule has 0 aromatic heterocycles. The van der Waals surface area contributed by atoms with E-state index in [1.54, 1.807) is 0 Å². The lowest BCUT2D eigenvalue weighted by Gasteiger charge is -2.29. The first kappa shape index (κ1) is 16.8. The third kappa shape index (κ3) is 5.34. The van der Waals surface area contributed by atoms with Gasteiger partial charge in [0.15, 0.2) is 5.96 Å². The fourth-order valence-electron chi connectivity index (χ4n) is 2.76. The molecule has 0 atom stereocenters. The van der Waals surface area contributed by atoms with E-state index < -0.39 is 0 Å². The smallest absolute Gasteiger partial charge is 0.193 e. The van der Waals surface area contributed by atoms with Crippen molar-refractivity contribution in [3.8, 4) is 0 Å². The van der Waals surface area contributed by atoms with E-state index in [1.165, 1.54) is 31.5 Å². The van der Waals surface area contributed by atoms with Crippen LogP contribution in [0.4, 0.5) is 5.69 Å². The normalized spacial score (nSPS) is 17.9. The average Bonchev–Trinajstić information content (AvgIpc) is 2.49. The van der Waals surface area contributed by atoms with Crippen molar-refractivity contribution in [1.82, 2.24) is 4.90 Å². The van der Waals surface area contributed by atoms with Gasteiger partial charge in [-0.25, -0.2) is 0 Å². The molecule has 22 heavy (non-hydrogen) atoms. The van der Waals surface area contributed by atoms with Gasteiger partial charge in [0.25, 0.3) is 0 Å². The molecule has 0 aliphatic carbocycles. The molecular formula is C18H30N4. The number of nitrogens with one attached hydrogen (secondary N) is 1. The van der Waals surface area contributed by atoms with Crippen LogP contribution in [0.2, 0.25) is 0 Å². The highest BCUT2D eigenvalue weighted by Gasteiger charge is 2.14. The van der Waals surface area contributed by atoms with Crippen LogP contribution in [-0.2, 0) is 0 Å². The lowest BCUT2D eigenvalue weighted by Crippen LogP contribution is -2.35. The van der Waals surface area contributed by atoms with Gasteiger partial charge in [-0.3, -0.25) is 4.99 Å². The fraction of sp³-hybridized carbons (Fsp3) is 0.611. The second kappa shape index (κ2) is 8.18. The molecule has 122 valence electrons. The maximum atomic E-state index is 5.99. The topological polar surface area (TPSA) is 53.6 Å². The van der Waals surface area contributed by atoms with Gasteiger partial charge < -0.3 is 16.0 Å². The summed E-state index contributed by atoms with van der Waals surface area (Å²) in [6.45, 7) is 10.9. The van der Waals surface area contributed by atoms with Gasteiger partial charge in [-0.2, -0.15) is 0 Å². The zero-order valence-electron chi connectivity index (χ0n) is 14.2. The number of hydrogen-bond donors (Lipinski definition) is 2.